The van der Waals surface area contributed by atoms with Crippen LogP contribution in [0.2, 0.25) is 0 Å². The van der Waals surface area contributed by atoms with Crippen LogP contribution < -0.4 is 34.3 Å². The van der Waals surface area contributed by atoms with Gasteiger partial charge in [0.05, 0.1) is 4.90 Å². The fraction of sp³-hybridized carbons (Fsp3) is 0.520. The minimum atomic E-state index is -4.61. The second kappa shape index (κ2) is 15.9. The van der Waals surface area contributed by atoms with Crippen LogP contribution in [0.25, 0.3) is 0 Å². The Hall–Kier alpha value is -0.850. The summed E-state index contributed by atoms with van der Waals surface area (Å²) in [4.78, 5) is -0.285. The first-order valence-electron chi connectivity index (χ1n) is 11.3. The number of hydrogen-bond acceptors (Lipinski definition) is 4. The number of ether oxygens (including phenoxy) is 1. The van der Waals surface area contributed by atoms with Gasteiger partial charge >= 0.3 is 29.6 Å². The minimum Gasteiger partial charge on any atom is -0.744 e. The molecular formula is C25H35NaO4S. The molecule has 0 amide bonds. The first-order valence-corrected chi connectivity index (χ1v) is 12.7. The van der Waals surface area contributed by atoms with Crippen molar-refractivity contribution in [2.24, 2.45) is 0 Å². The first kappa shape index (κ1) is 28.2. The van der Waals surface area contributed by atoms with E-state index in [4.69, 9.17) is 4.74 Å². The Morgan fingerprint density at radius 3 is 1.87 bits per heavy atom. The molecule has 0 unspecified atom stereocenters. The second-order valence-electron chi connectivity index (χ2n) is 7.94. The maximum Gasteiger partial charge on any atom is 1.00 e. The summed E-state index contributed by atoms with van der Waals surface area (Å²) in [5, 5.41) is 0. The number of hydrogen-bond donors (Lipinski definition) is 0. The third-order valence-electron chi connectivity index (χ3n) is 5.32. The van der Waals surface area contributed by atoms with E-state index in [-0.39, 0.29) is 40.2 Å². The van der Waals surface area contributed by atoms with E-state index in [1.807, 2.05) is 12.1 Å². The molecule has 0 bridgehead atoms. The monoisotopic (exact) mass is 454 g/mol. The van der Waals surface area contributed by atoms with Crippen LogP contribution in [0, 0.1) is 0 Å². The summed E-state index contributed by atoms with van der Waals surface area (Å²) in [6.45, 7) is 2.24. The van der Waals surface area contributed by atoms with Crippen LogP contribution in [-0.2, 0) is 16.5 Å². The zero-order chi connectivity index (χ0) is 21.7. The molecule has 0 aliphatic heterocycles. The van der Waals surface area contributed by atoms with Crippen molar-refractivity contribution < 1.29 is 47.3 Å². The van der Waals surface area contributed by atoms with E-state index >= 15 is 0 Å². The Morgan fingerprint density at radius 2 is 1.32 bits per heavy atom. The number of para-hydroxylation sites is 1. The summed E-state index contributed by atoms with van der Waals surface area (Å²) in [6, 6.07) is 13.8. The van der Waals surface area contributed by atoms with Crippen LogP contribution >= 0.6 is 0 Å². The Morgan fingerprint density at radius 1 is 0.774 bits per heavy atom. The van der Waals surface area contributed by atoms with Crippen molar-refractivity contribution in [2.45, 2.75) is 88.9 Å². The molecule has 0 atom stereocenters. The molecule has 0 spiro atoms. The third kappa shape index (κ3) is 11.5. The smallest absolute Gasteiger partial charge is 0.744 e. The molecule has 0 aliphatic rings. The minimum absolute atomic E-state index is 0. The second-order valence-corrected chi connectivity index (χ2v) is 9.28. The van der Waals surface area contributed by atoms with E-state index < -0.39 is 10.1 Å². The number of aryl methyl sites for hydroxylation is 1. The Balaban J connectivity index is 0.00000480. The number of unbranched alkanes of at least 4 members (excludes halogenated alkanes) is 10. The molecule has 0 N–H and O–H groups in total. The number of rotatable bonds is 15. The molecule has 4 nitrogen and oxygen atoms in total. The standard InChI is InChI=1S/C25H36O4S.Na/c1-2-3-4-5-6-7-8-9-10-11-13-16-22-19-20-24(25(21-22)30(26,27)28)29-23-17-14-12-15-18-23;/h12,14-15,17-21H,2-11,13,16H2,1H3,(H,26,27,28);/q;+1/p-1. The van der Waals surface area contributed by atoms with Gasteiger partial charge < -0.3 is 9.29 Å². The molecule has 0 aliphatic carbocycles. The normalized spacial score (nSPS) is 11.2. The molecule has 0 heterocycles. The van der Waals surface area contributed by atoms with E-state index in [0.717, 1.165) is 24.8 Å². The molecule has 2 rings (SSSR count). The zero-order valence-electron chi connectivity index (χ0n) is 19.1. The van der Waals surface area contributed by atoms with Crippen molar-refractivity contribution >= 4 is 10.1 Å². The summed E-state index contributed by atoms with van der Waals surface area (Å²) < 4.78 is 40.8. The van der Waals surface area contributed by atoms with E-state index in [0.29, 0.717) is 5.75 Å². The van der Waals surface area contributed by atoms with Crippen molar-refractivity contribution in [1.29, 1.82) is 0 Å². The Kier molecular flexibility index (Phi) is 14.4. The summed E-state index contributed by atoms with van der Waals surface area (Å²) >= 11 is 0. The van der Waals surface area contributed by atoms with Crippen LogP contribution in [-0.4, -0.2) is 13.0 Å². The third-order valence-corrected chi connectivity index (χ3v) is 6.18. The SMILES string of the molecule is CCCCCCCCCCCCCc1ccc(Oc2ccccc2)c(S(=O)(=O)[O-])c1.[Na+]. The molecule has 0 aromatic heterocycles. The predicted octanol–water partition coefficient (Wildman–Crippen LogP) is 4.24. The van der Waals surface area contributed by atoms with Gasteiger partial charge in [-0.2, -0.15) is 0 Å². The van der Waals surface area contributed by atoms with Crippen LogP contribution in [0.15, 0.2) is 53.4 Å². The van der Waals surface area contributed by atoms with Crippen molar-refractivity contribution in [3.63, 3.8) is 0 Å². The van der Waals surface area contributed by atoms with Gasteiger partial charge in [-0.15, -0.1) is 0 Å². The van der Waals surface area contributed by atoms with Crippen LogP contribution in [0.5, 0.6) is 11.5 Å². The molecule has 31 heavy (non-hydrogen) atoms. The van der Waals surface area contributed by atoms with Crippen molar-refractivity contribution in [2.75, 3.05) is 0 Å². The first-order chi connectivity index (χ1) is 14.5. The van der Waals surface area contributed by atoms with E-state index in [9.17, 15) is 13.0 Å². The summed E-state index contributed by atoms with van der Waals surface area (Å²) in [5.41, 5.74) is 0.862. The van der Waals surface area contributed by atoms with Gasteiger partial charge in [-0.3, -0.25) is 0 Å². The number of benzene rings is 2. The van der Waals surface area contributed by atoms with Crippen molar-refractivity contribution in [3.05, 3.63) is 54.1 Å². The molecule has 166 valence electrons. The average Bonchev–Trinajstić information content (AvgIpc) is 2.73. The molecule has 0 radical (unpaired) electrons. The van der Waals surface area contributed by atoms with Gasteiger partial charge in [-0.25, -0.2) is 8.42 Å². The van der Waals surface area contributed by atoms with Gasteiger partial charge in [0.15, 0.2) is 0 Å². The predicted molar refractivity (Wildman–Crippen MR) is 121 cm³/mol. The largest absolute Gasteiger partial charge is 1.00 e. The van der Waals surface area contributed by atoms with E-state index in [2.05, 4.69) is 6.92 Å². The maximum atomic E-state index is 11.7. The fourth-order valence-corrected chi connectivity index (χ4v) is 4.25. The Labute approximate surface area is 210 Å². The van der Waals surface area contributed by atoms with Crippen molar-refractivity contribution in [1.82, 2.24) is 0 Å². The molecule has 6 heteroatoms. The molecule has 0 saturated heterocycles. The summed E-state index contributed by atoms with van der Waals surface area (Å²) in [5.74, 6) is 0.583. The van der Waals surface area contributed by atoms with Gasteiger partial charge in [0.1, 0.15) is 21.6 Å². The topological polar surface area (TPSA) is 66.4 Å². The van der Waals surface area contributed by atoms with Crippen LogP contribution in [0.4, 0.5) is 0 Å². The summed E-state index contributed by atoms with van der Waals surface area (Å²) in [7, 11) is -4.61. The van der Waals surface area contributed by atoms with Crippen LogP contribution in [0.1, 0.15) is 83.1 Å². The molecule has 0 saturated carbocycles. The summed E-state index contributed by atoms with van der Waals surface area (Å²) in [6.07, 6.45) is 14.7. The molecule has 2 aromatic rings. The van der Waals surface area contributed by atoms with Crippen molar-refractivity contribution in [3.8, 4) is 11.5 Å². The molecule has 2 aromatic carbocycles. The van der Waals surface area contributed by atoms with E-state index in [1.54, 1.807) is 30.3 Å². The maximum absolute atomic E-state index is 11.7. The molecular weight excluding hydrogens is 419 g/mol. The van der Waals surface area contributed by atoms with Gasteiger partial charge in [0.2, 0.25) is 0 Å². The fourth-order valence-electron chi connectivity index (χ4n) is 3.60. The molecule has 0 fully saturated rings. The van der Waals surface area contributed by atoms with Gasteiger partial charge in [-0.1, -0.05) is 95.4 Å². The van der Waals surface area contributed by atoms with Crippen LogP contribution in [0.3, 0.4) is 0 Å². The van der Waals surface area contributed by atoms with Gasteiger partial charge in [0, 0.05) is 0 Å². The van der Waals surface area contributed by atoms with Gasteiger partial charge in [0.25, 0.3) is 0 Å². The van der Waals surface area contributed by atoms with E-state index in [1.165, 1.54) is 63.9 Å². The quantitative estimate of drug-likeness (QED) is 0.229. The Bertz CT molecular complexity index is 838. The zero-order valence-corrected chi connectivity index (χ0v) is 22.0. The average molecular weight is 455 g/mol. The van der Waals surface area contributed by atoms with Gasteiger partial charge in [-0.05, 0) is 42.7 Å².